The Morgan fingerprint density at radius 2 is 2.47 bits per heavy atom. The summed E-state index contributed by atoms with van der Waals surface area (Å²) in [5.74, 6) is 5.54. The van der Waals surface area contributed by atoms with E-state index < -0.39 is 0 Å². The maximum atomic E-state index is 5.54. The fraction of sp³-hybridized carbons (Fsp3) is 0.300. The van der Waals surface area contributed by atoms with Crippen molar-refractivity contribution in [2.75, 3.05) is 0 Å². The summed E-state index contributed by atoms with van der Waals surface area (Å²) in [7, 11) is 1.92. The molecule has 0 saturated carbocycles. The number of nitrogens with zero attached hydrogens (tertiary/aromatic N) is 2. The van der Waals surface area contributed by atoms with Crippen LogP contribution in [0.2, 0.25) is 0 Å². The van der Waals surface area contributed by atoms with Gasteiger partial charge in [-0.2, -0.15) is 16.4 Å². The molecule has 0 spiro atoms. The molecule has 15 heavy (non-hydrogen) atoms. The van der Waals surface area contributed by atoms with Crippen molar-refractivity contribution in [1.82, 2.24) is 15.2 Å². The van der Waals surface area contributed by atoms with E-state index in [1.807, 2.05) is 19.3 Å². The average Bonchev–Trinajstić information content (AvgIpc) is 2.85. The van der Waals surface area contributed by atoms with Gasteiger partial charge in [-0.1, -0.05) is 0 Å². The summed E-state index contributed by atoms with van der Waals surface area (Å²) in [6, 6.07) is 4.24. The van der Waals surface area contributed by atoms with Crippen LogP contribution in [0.4, 0.5) is 0 Å². The van der Waals surface area contributed by atoms with Gasteiger partial charge in [-0.25, -0.2) is 0 Å². The first-order chi connectivity index (χ1) is 7.29. The molecular weight excluding hydrogens is 208 g/mol. The third-order valence-corrected chi connectivity index (χ3v) is 3.03. The number of nitrogens with two attached hydrogens (primary N) is 1. The highest BCUT2D eigenvalue weighted by molar-refractivity contribution is 7.07. The summed E-state index contributed by atoms with van der Waals surface area (Å²) in [5, 5.41) is 8.49. The molecule has 0 aliphatic heterocycles. The van der Waals surface area contributed by atoms with Gasteiger partial charge in [0.05, 0.1) is 11.7 Å². The molecule has 0 aliphatic carbocycles. The Balaban J connectivity index is 2.09. The molecule has 0 amide bonds. The normalized spacial score (nSPS) is 12.9. The molecule has 80 valence electrons. The molecule has 3 N–H and O–H groups in total. The van der Waals surface area contributed by atoms with Crippen molar-refractivity contribution in [3.63, 3.8) is 0 Å². The van der Waals surface area contributed by atoms with Crippen LogP contribution in [0.25, 0.3) is 0 Å². The summed E-state index contributed by atoms with van der Waals surface area (Å²) in [4.78, 5) is 0. The van der Waals surface area contributed by atoms with Crippen molar-refractivity contribution in [1.29, 1.82) is 0 Å². The van der Waals surface area contributed by atoms with Crippen LogP contribution in [0.5, 0.6) is 0 Å². The number of aromatic nitrogens is 2. The molecule has 2 heterocycles. The number of hydrazine groups is 1. The van der Waals surface area contributed by atoms with Gasteiger partial charge >= 0.3 is 0 Å². The van der Waals surface area contributed by atoms with E-state index in [0.29, 0.717) is 0 Å². The van der Waals surface area contributed by atoms with E-state index in [9.17, 15) is 0 Å². The first-order valence-corrected chi connectivity index (χ1v) is 5.70. The summed E-state index contributed by atoms with van der Waals surface area (Å²) in [6.45, 7) is 0. The van der Waals surface area contributed by atoms with E-state index in [2.05, 4.69) is 27.4 Å². The lowest BCUT2D eigenvalue weighted by Gasteiger charge is -2.12. The number of aryl methyl sites for hydroxylation is 1. The number of nitrogens with one attached hydrogen (secondary N) is 1. The fourth-order valence-corrected chi connectivity index (χ4v) is 2.24. The molecule has 0 saturated heterocycles. The maximum Gasteiger partial charge on any atom is 0.0643 e. The maximum absolute atomic E-state index is 5.54. The Labute approximate surface area is 92.7 Å². The quantitative estimate of drug-likeness (QED) is 0.604. The minimum Gasteiger partial charge on any atom is -0.276 e. The lowest BCUT2D eigenvalue weighted by molar-refractivity contribution is 0.543. The zero-order valence-corrected chi connectivity index (χ0v) is 9.37. The number of rotatable bonds is 4. The van der Waals surface area contributed by atoms with Gasteiger partial charge in [-0.15, -0.1) is 0 Å². The molecule has 0 aromatic carbocycles. The van der Waals surface area contributed by atoms with Crippen LogP contribution < -0.4 is 11.3 Å². The summed E-state index contributed by atoms with van der Waals surface area (Å²) in [5.41, 5.74) is 5.08. The Bertz CT molecular complexity index is 407. The average molecular weight is 222 g/mol. The molecule has 0 bridgehead atoms. The van der Waals surface area contributed by atoms with E-state index in [1.54, 1.807) is 16.0 Å². The molecule has 1 unspecified atom stereocenters. The van der Waals surface area contributed by atoms with Gasteiger partial charge in [0.15, 0.2) is 0 Å². The van der Waals surface area contributed by atoms with Crippen molar-refractivity contribution in [2.24, 2.45) is 12.9 Å². The minimum atomic E-state index is 0.145. The van der Waals surface area contributed by atoms with Crippen LogP contribution in [0, 0.1) is 0 Å². The van der Waals surface area contributed by atoms with Gasteiger partial charge in [-0.05, 0) is 28.5 Å². The van der Waals surface area contributed by atoms with E-state index >= 15 is 0 Å². The SMILES string of the molecule is Cn1ccc(CC(NN)c2ccsc2)n1. The molecule has 0 aliphatic rings. The number of hydrogen-bond acceptors (Lipinski definition) is 4. The summed E-state index contributed by atoms with van der Waals surface area (Å²) >= 11 is 1.68. The Hall–Kier alpha value is -1.17. The lowest BCUT2D eigenvalue weighted by atomic mass is 10.1. The Morgan fingerprint density at radius 1 is 1.60 bits per heavy atom. The molecule has 1 atom stereocenters. The van der Waals surface area contributed by atoms with E-state index in [-0.39, 0.29) is 6.04 Å². The number of hydrogen-bond donors (Lipinski definition) is 2. The molecule has 2 aromatic heterocycles. The molecule has 2 rings (SSSR count). The lowest BCUT2D eigenvalue weighted by Crippen LogP contribution is -2.29. The second-order valence-electron chi connectivity index (χ2n) is 3.46. The van der Waals surface area contributed by atoms with Crippen LogP contribution in [0.3, 0.4) is 0 Å². The highest BCUT2D eigenvalue weighted by Crippen LogP contribution is 2.19. The molecular formula is C10H14N4S. The topological polar surface area (TPSA) is 55.9 Å². The van der Waals surface area contributed by atoms with Gasteiger partial charge in [0.2, 0.25) is 0 Å². The Kier molecular flexibility index (Phi) is 3.15. The zero-order chi connectivity index (χ0) is 10.7. The summed E-state index contributed by atoms with van der Waals surface area (Å²) in [6.07, 6.45) is 2.75. The van der Waals surface area contributed by atoms with E-state index in [1.165, 1.54) is 5.56 Å². The molecule has 5 heteroatoms. The van der Waals surface area contributed by atoms with Gasteiger partial charge < -0.3 is 0 Å². The van der Waals surface area contributed by atoms with Crippen LogP contribution in [-0.4, -0.2) is 9.78 Å². The largest absolute Gasteiger partial charge is 0.276 e. The van der Waals surface area contributed by atoms with Crippen molar-refractivity contribution in [3.05, 3.63) is 40.3 Å². The van der Waals surface area contributed by atoms with Crippen molar-refractivity contribution < 1.29 is 0 Å². The third kappa shape index (κ3) is 2.44. The van der Waals surface area contributed by atoms with Gasteiger partial charge in [0.1, 0.15) is 0 Å². The predicted octanol–water partition coefficient (Wildman–Crippen LogP) is 1.23. The zero-order valence-electron chi connectivity index (χ0n) is 8.55. The van der Waals surface area contributed by atoms with Gasteiger partial charge in [-0.3, -0.25) is 16.0 Å². The molecule has 2 aromatic rings. The monoisotopic (exact) mass is 222 g/mol. The summed E-state index contributed by atoms with van der Waals surface area (Å²) < 4.78 is 1.80. The van der Waals surface area contributed by atoms with Crippen molar-refractivity contribution in [2.45, 2.75) is 12.5 Å². The fourth-order valence-electron chi connectivity index (χ4n) is 1.53. The number of thiophene rings is 1. The molecule has 0 radical (unpaired) electrons. The van der Waals surface area contributed by atoms with Crippen LogP contribution in [0.1, 0.15) is 17.3 Å². The van der Waals surface area contributed by atoms with Gasteiger partial charge in [0, 0.05) is 19.7 Å². The Morgan fingerprint density at radius 3 is 3.00 bits per heavy atom. The highest BCUT2D eigenvalue weighted by Gasteiger charge is 2.12. The second-order valence-corrected chi connectivity index (χ2v) is 4.24. The predicted molar refractivity (Wildman–Crippen MR) is 61.3 cm³/mol. The van der Waals surface area contributed by atoms with Crippen LogP contribution in [0.15, 0.2) is 29.1 Å². The highest BCUT2D eigenvalue weighted by atomic mass is 32.1. The van der Waals surface area contributed by atoms with E-state index in [4.69, 9.17) is 5.84 Å². The standard InChI is InChI=1S/C10H14N4S/c1-14-4-2-9(13-14)6-10(12-11)8-3-5-15-7-8/h2-5,7,10,12H,6,11H2,1H3. The first kappa shape index (κ1) is 10.4. The van der Waals surface area contributed by atoms with Crippen molar-refractivity contribution in [3.8, 4) is 0 Å². The van der Waals surface area contributed by atoms with Crippen LogP contribution in [-0.2, 0) is 13.5 Å². The second kappa shape index (κ2) is 4.57. The minimum absolute atomic E-state index is 0.145. The van der Waals surface area contributed by atoms with E-state index in [0.717, 1.165) is 12.1 Å². The smallest absolute Gasteiger partial charge is 0.0643 e. The first-order valence-electron chi connectivity index (χ1n) is 4.76. The van der Waals surface area contributed by atoms with Crippen LogP contribution >= 0.6 is 11.3 Å². The molecule has 4 nitrogen and oxygen atoms in total. The van der Waals surface area contributed by atoms with Crippen molar-refractivity contribution >= 4 is 11.3 Å². The third-order valence-electron chi connectivity index (χ3n) is 2.33. The van der Waals surface area contributed by atoms with Gasteiger partial charge in [0.25, 0.3) is 0 Å². The molecule has 0 fully saturated rings.